The van der Waals surface area contributed by atoms with Crippen LogP contribution in [0, 0.1) is 5.82 Å². The van der Waals surface area contributed by atoms with Crippen molar-refractivity contribution in [2.75, 3.05) is 11.1 Å². The van der Waals surface area contributed by atoms with Crippen molar-refractivity contribution in [2.24, 2.45) is 0 Å². The highest BCUT2D eigenvalue weighted by atomic mass is 79.9. The summed E-state index contributed by atoms with van der Waals surface area (Å²) < 4.78 is 13.8. The largest absolute Gasteiger partial charge is 0.395 e. The first-order chi connectivity index (χ1) is 6.16. The van der Waals surface area contributed by atoms with Gasteiger partial charge < -0.3 is 11.1 Å². The summed E-state index contributed by atoms with van der Waals surface area (Å²) in [4.78, 5) is 0. The van der Waals surface area contributed by atoms with Crippen molar-refractivity contribution in [3.63, 3.8) is 0 Å². The van der Waals surface area contributed by atoms with Gasteiger partial charge in [0.15, 0.2) is 0 Å². The summed E-state index contributed by atoms with van der Waals surface area (Å²) >= 11 is 3.22. The number of benzene rings is 1. The number of hydrogen-bond acceptors (Lipinski definition) is 2. The van der Waals surface area contributed by atoms with Gasteiger partial charge in [-0.15, -0.1) is 0 Å². The molecule has 1 fully saturated rings. The molecule has 1 aliphatic rings. The molecule has 1 saturated carbocycles. The molecule has 1 aromatic carbocycles. The molecule has 70 valence electrons. The highest BCUT2D eigenvalue weighted by Gasteiger charge is 2.22. The predicted octanol–water partition coefficient (Wildman–Crippen LogP) is 2.74. The molecule has 3 N–H and O–H groups in total. The molecule has 0 bridgehead atoms. The summed E-state index contributed by atoms with van der Waals surface area (Å²) in [5.41, 5.74) is 6.46. The number of nitrogens with one attached hydrogen (secondary N) is 1. The number of halogens is 2. The normalized spacial score (nSPS) is 15.8. The fraction of sp³-hybridized carbons (Fsp3) is 0.333. The van der Waals surface area contributed by atoms with Crippen LogP contribution < -0.4 is 11.1 Å². The predicted molar refractivity (Wildman–Crippen MR) is 55.2 cm³/mol. The second-order valence-corrected chi connectivity index (χ2v) is 4.18. The first-order valence-corrected chi connectivity index (χ1v) is 4.97. The minimum atomic E-state index is -0.377. The monoisotopic (exact) mass is 244 g/mol. The average Bonchev–Trinajstić information content (AvgIpc) is 2.83. The van der Waals surface area contributed by atoms with Crippen molar-refractivity contribution in [3.8, 4) is 0 Å². The quantitative estimate of drug-likeness (QED) is 0.786. The summed E-state index contributed by atoms with van der Waals surface area (Å²) in [5, 5.41) is 3.17. The van der Waals surface area contributed by atoms with Crippen LogP contribution in [0.4, 0.5) is 15.8 Å². The second-order valence-electron chi connectivity index (χ2n) is 3.27. The van der Waals surface area contributed by atoms with Crippen LogP contribution >= 0.6 is 15.9 Å². The van der Waals surface area contributed by atoms with E-state index in [4.69, 9.17) is 5.73 Å². The summed E-state index contributed by atoms with van der Waals surface area (Å²) in [5.74, 6) is -0.377. The molecular weight excluding hydrogens is 235 g/mol. The van der Waals surface area contributed by atoms with Gasteiger partial charge in [-0.1, -0.05) is 15.9 Å². The van der Waals surface area contributed by atoms with E-state index in [0.717, 1.165) is 12.8 Å². The number of anilines is 2. The lowest BCUT2D eigenvalue weighted by atomic mass is 10.2. The van der Waals surface area contributed by atoms with Crippen molar-refractivity contribution in [1.29, 1.82) is 0 Å². The molecule has 0 aliphatic heterocycles. The number of nitrogen functional groups attached to an aromatic ring is 1. The zero-order valence-corrected chi connectivity index (χ0v) is 8.57. The van der Waals surface area contributed by atoms with Crippen molar-refractivity contribution in [3.05, 3.63) is 22.4 Å². The van der Waals surface area contributed by atoms with Gasteiger partial charge in [-0.05, 0) is 25.0 Å². The Morgan fingerprint density at radius 1 is 1.46 bits per heavy atom. The van der Waals surface area contributed by atoms with Gasteiger partial charge in [-0.2, -0.15) is 0 Å². The molecule has 0 saturated heterocycles. The highest BCUT2D eigenvalue weighted by Crippen LogP contribution is 2.31. The third kappa shape index (κ3) is 1.94. The van der Waals surface area contributed by atoms with Gasteiger partial charge in [0.2, 0.25) is 0 Å². The van der Waals surface area contributed by atoms with Crippen LogP contribution in [0.25, 0.3) is 0 Å². The Bertz CT molecular complexity index is 337. The second kappa shape index (κ2) is 3.18. The van der Waals surface area contributed by atoms with Crippen LogP contribution in [0.15, 0.2) is 16.6 Å². The van der Waals surface area contributed by atoms with Gasteiger partial charge in [-0.25, -0.2) is 4.39 Å². The first-order valence-electron chi connectivity index (χ1n) is 4.18. The number of rotatable bonds is 2. The van der Waals surface area contributed by atoms with E-state index < -0.39 is 0 Å². The highest BCUT2D eigenvalue weighted by molar-refractivity contribution is 9.10. The fourth-order valence-corrected chi connectivity index (χ4v) is 1.58. The molecule has 1 aliphatic carbocycles. The lowest BCUT2D eigenvalue weighted by Crippen LogP contribution is -2.05. The Labute approximate surface area is 84.4 Å². The van der Waals surface area contributed by atoms with E-state index in [-0.39, 0.29) is 11.5 Å². The van der Waals surface area contributed by atoms with Crippen molar-refractivity contribution in [2.45, 2.75) is 18.9 Å². The van der Waals surface area contributed by atoms with Crippen LogP contribution in [0.5, 0.6) is 0 Å². The molecule has 1 aromatic rings. The molecule has 2 rings (SSSR count). The van der Waals surface area contributed by atoms with E-state index in [1.807, 2.05) is 0 Å². The lowest BCUT2D eigenvalue weighted by molar-refractivity contribution is 0.632. The Balaban J connectivity index is 2.30. The molecule has 13 heavy (non-hydrogen) atoms. The van der Waals surface area contributed by atoms with E-state index >= 15 is 0 Å². The van der Waals surface area contributed by atoms with E-state index in [0.29, 0.717) is 16.2 Å². The molecule has 4 heteroatoms. The Morgan fingerprint density at radius 3 is 2.77 bits per heavy atom. The Kier molecular flexibility index (Phi) is 2.15. The summed E-state index contributed by atoms with van der Waals surface area (Å²) in [7, 11) is 0. The minimum absolute atomic E-state index is 0.204. The van der Waals surface area contributed by atoms with Crippen LogP contribution in [0.1, 0.15) is 12.8 Å². The van der Waals surface area contributed by atoms with Gasteiger partial charge in [0.1, 0.15) is 5.82 Å². The Hall–Kier alpha value is -0.770. The van der Waals surface area contributed by atoms with Crippen molar-refractivity contribution < 1.29 is 4.39 Å². The number of nitrogens with two attached hydrogens (primary N) is 1. The third-order valence-electron chi connectivity index (χ3n) is 2.03. The zero-order valence-electron chi connectivity index (χ0n) is 6.98. The zero-order chi connectivity index (χ0) is 9.42. The fourth-order valence-electron chi connectivity index (χ4n) is 1.15. The smallest absolute Gasteiger partial charge is 0.149 e. The number of hydrogen-bond donors (Lipinski definition) is 2. The molecule has 0 heterocycles. The molecule has 0 radical (unpaired) electrons. The molecule has 0 aromatic heterocycles. The van der Waals surface area contributed by atoms with E-state index in [2.05, 4.69) is 21.2 Å². The van der Waals surface area contributed by atoms with Gasteiger partial charge in [-0.3, -0.25) is 0 Å². The van der Waals surface area contributed by atoms with Crippen LogP contribution in [-0.4, -0.2) is 6.04 Å². The van der Waals surface area contributed by atoms with E-state index in [1.54, 1.807) is 6.07 Å². The third-order valence-corrected chi connectivity index (χ3v) is 2.49. The molecule has 0 amide bonds. The Morgan fingerprint density at radius 2 is 2.15 bits per heavy atom. The lowest BCUT2D eigenvalue weighted by Gasteiger charge is -2.09. The SMILES string of the molecule is Nc1c(F)cc(Br)cc1NC1CC1. The van der Waals surface area contributed by atoms with Crippen molar-refractivity contribution >= 4 is 27.3 Å². The topological polar surface area (TPSA) is 38.0 Å². The molecular formula is C9H10BrFN2. The maximum atomic E-state index is 13.1. The first kappa shape index (κ1) is 8.81. The van der Waals surface area contributed by atoms with Crippen LogP contribution in [0.2, 0.25) is 0 Å². The molecule has 0 spiro atoms. The molecule has 2 nitrogen and oxygen atoms in total. The molecule has 0 atom stereocenters. The van der Waals surface area contributed by atoms with Crippen LogP contribution in [-0.2, 0) is 0 Å². The van der Waals surface area contributed by atoms with Gasteiger partial charge in [0.25, 0.3) is 0 Å². The summed E-state index contributed by atoms with van der Waals surface area (Å²) in [6, 6.07) is 3.65. The standard InChI is InChI=1S/C9H10BrFN2/c10-5-3-7(11)9(12)8(4-5)13-6-1-2-6/h3-4,6,13H,1-2,12H2. The molecule has 0 unspecified atom stereocenters. The summed E-state index contributed by atoms with van der Waals surface area (Å²) in [6.45, 7) is 0. The van der Waals surface area contributed by atoms with Gasteiger partial charge >= 0.3 is 0 Å². The average molecular weight is 245 g/mol. The summed E-state index contributed by atoms with van der Waals surface area (Å²) in [6.07, 6.45) is 2.29. The van der Waals surface area contributed by atoms with Gasteiger partial charge in [0.05, 0.1) is 11.4 Å². The van der Waals surface area contributed by atoms with Crippen molar-refractivity contribution in [1.82, 2.24) is 0 Å². The van der Waals surface area contributed by atoms with E-state index in [9.17, 15) is 4.39 Å². The minimum Gasteiger partial charge on any atom is -0.395 e. The maximum absolute atomic E-state index is 13.1. The van der Waals surface area contributed by atoms with E-state index in [1.165, 1.54) is 6.07 Å². The van der Waals surface area contributed by atoms with Gasteiger partial charge in [0, 0.05) is 10.5 Å². The van der Waals surface area contributed by atoms with Crippen LogP contribution in [0.3, 0.4) is 0 Å². The maximum Gasteiger partial charge on any atom is 0.149 e.